The smallest absolute Gasteiger partial charge is 0.242 e. The van der Waals surface area contributed by atoms with Gasteiger partial charge in [0.1, 0.15) is 0 Å². The number of hydrogen-bond donors (Lipinski definition) is 0. The Bertz CT molecular complexity index is 1160. The molecule has 4 nitrogen and oxygen atoms in total. The molecular weight excluding hydrogens is 499 g/mol. The molecule has 1 heterocycles. The highest BCUT2D eigenvalue weighted by atomic mass is 35.5. The summed E-state index contributed by atoms with van der Waals surface area (Å²) in [6.07, 6.45) is 3.27. The molecule has 0 bridgehead atoms. The predicted molar refractivity (Wildman–Crippen MR) is 147 cm³/mol. The van der Waals surface area contributed by atoms with Crippen molar-refractivity contribution in [2.24, 2.45) is 0 Å². The SMILES string of the molecule is CN(CC(CCN1CCCC(c2ccccc2)C1)c1cccc(Cl)c1)S(=O)(=O)c1ccccc1.Cl. The average molecular weight is 534 g/mol. The zero-order valence-electron chi connectivity index (χ0n) is 20.1. The molecule has 0 N–H and O–H groups in total. The van der Waals surface area contributed by atoms with E-state index in [4.69, 9.17) is 11.6 Å². The van der Waals surface area contributed by atoms with E-state index in [9.17, 15) is 8.42 Å². The van der Waals surface area contributed by atoms with Crippen molar-refractivity contribution in [1.29, 1.82) is 0 Å². The van der Waals surface area contributed by atoms with Crippen molar-refractivity contribution in [2.45, 2.75) is 36.0 Å². The van der Waals surface area contributed by atoms with Crippen molar-refractivity contribution in [3.63, 3.8) is 0 Å². The van der Waals surface area contributed by atoms with Crippen LogP contribution < -0.4 is 0 Å². The number of likely N-dealkylation sites (N-methyl/N-ethyl adjacent to an activating group) is 1. The molecule has 1 aliphatic heterocycles. The molecule has 1 aliphatic rings. The lowest BCUT2D eigenvalue weighted by molar-refractivity contribution is 0.199. The first-order chi connectivity index (χ1) is 16.4. The van der Waals surface area contributed by atoms with Crippen LogP contribution in [0.3, 0.4) is 0 Å². The summed E-state index contributed by atoms with van der Waals surface area (Å²) in [5, 5.41) is 0.679. The molecular formula is C28H34Cl2N2O2S. The molecule has 2 atom stereocenters. The maximum absolute atomic E-state index is 13.2. The quantitative estimate of drug-likeness (QED) is 0.318. The second kappa shape index (κ2) is 12.9. The monoisotopic (exact) mass is 532 g/mol. The maximum Gasteiger partial charge on any atom is 0.242 e. The number of rotatable bonds is 9. The second-order valence-electron chi connectivity index (χ2n) is 9.19. The standard InChI is InChI=1S/C28H33ClN2O2S.ClH/c1-30(34(32,33)28-15-6-3-7-16-28)21-26(24-12-8-14-27(29)20-24)17-19-31-18-9-13-25(22-31)23-10-4-2-5-11-23;/h2-8,10-12,14-16,20,25-26H,9,13,17-19,21-22H2,1H3;1H. The van der Waals surface area contributed by atoms with Gasteiger partial charge in [-0.15, -0.1) is 12.4 Å². The van der Waals surface area contributed by atoms with Gasteiger partial charge in [-0.2, -0.15) is 0 Å². The van der Waals surface area contributed by atoms with Gasteiger partial charge in [0.05, 0.1) is 4.90 Å². The van der Waals surface area contributed by atoms with Crippen LogP contribution in [0.5, 0.6) is 0 Å². The molecule has 1 saturated heterocycles. The van der Waals surface area contributed by atoms with Gasteiger partial charge in [0, 0.05) is 25.2 Å². The van der Waals surface area contributed by atoms with E-state index in [0.29, 0.717) is 22.4 Å². The first-order valence-corrected chi connectivity index (χ1v) is 13.8. The third-order valence-electron chi connectivity index (χ3n) is 6.82. The summed E-state index contributed by atoms with van der Waals surface area (Å²) in [7, 11) is -1.88. The summed E-state index contributed by atoms with van der Waals surface area (Å²) >= 11 is 6.30. The molecule has 0 saturated carbocycles. The summed E-state index contributed by atoms with van der Waals surface area (Å²) in [5.74, 6) is 0.611. The number of halogens is 2. The van der Waals surface area contributed by atoms with Gasteiger partial charge in [0.25, 0.3) is 0 Å². The summed E-state index contributed by atoms with van der Waals surface area (Å²) < 4.78 is 27.8. The number of nitrogens with zero attached hydrogens (tertiary/aromatic N) is 2. The van der Waals surface area contributed by atoms with Crippen molar-refractivity contribution in [2.75, 3.05) is 33.2 Å². The molecule has 0 aromatic heterocycles. The minimum Gasteiger partial charge on any atom is -0.303 e. The lowest BCUT2D eigenvalue weighted by Crippen LogP contribution is -2.37. The Balaban J connectivity index is 0.00000342. The third kappa shape index (κ3) is 7.31. The molecule has 35 heavy (non-hydrogen) atoms. The van der Waals surface area contributed by atoms with Crippen molar-refractivity contribution >= 4 is 34.0 Å². The molecule has 0 aliphatic carbocycles. The van der Waals surface area contributed by atoms with Gasteiger partial charge in [-0.05, 0) is 79.6 Å². The minimum atomic E-state index is -3.55. The molecule has 0 amide bonds. The number of hydrogen-bond acceptors (Lipinski definition) is 3. The largest absolute Gasteiger partial charge is 0.303 e. The Morgan fingerprint density at radius 2 is 1.69 bits per heavy atom. The fraction of sp³-hybridized carbons (Fsp3) is 0.357. The fourth-order valence-electron chi connectivity index (χ4n) is 4.90. The third-order valence-corrected chi connectivity index (χ3v) is 8.89. The Kier molecular flexibility index (Phi) is 10.2. The molecule has 3 aromatic rings. The fourth-order valence-corrected chi connectivity index (χ4v) is 6.33. The van der Waals surface area contributed by atoms with Crippen LogP contribution in [-0.2, 0) is 10.0 Å². The highest BCUT2D eigenvalue weighted by Crippen LogP contribution is 2.30. The van der Waals surface area contributed by atoms with E-state index in [1.165, 1.54) is 22.7 Å². The molecule has 0 radical (unpaired) electrons. The minimum absolute atomic E-state index is 0. The van der Waals surface area contributed by atoms with Crippen molar-refractivity contribution in [3.8, 4) is 0 Å². The van der Waals surface area contributed by atoms with Gasteiger partial charge in [0.2, 0.25) is 10.0 Å². The zero-order valence-corrected chi connectivity index (χ0v) is 22.5. The first kappa shape index (κ1) is 27.7. The second-order valence-corrected chi connectivity index (χ2v) is 11.7. The zero-order chi connectivity index (χ0) is 24.0. The molecule has 4 rings (SSSR count). The van der Waals surface area contributed by atoms with E-state index in [-0.39, 0.29) is 18.3 Å². The first-order valence-electron chi connectivity index (χ1n) is 12.0. The Morgan fingerprint density at radius 3 is 2.37 bits per heavy atom. The average Bonchev–Trinajstić information content (AvgIpc) is 2.87. The number of benzene rings is 3. The van der Waals surface area contributed by atoms with Gasteiger partial charge >= 0.3 is 0 Å². The van der Waals surface area contributed by atoms with E-state index in [1.807, 2.05) is 24.3 Å². The van der Waals surface area contributed by atoms with Crippen LogP contribution in [-0.4, -0.2) is 50.8 Å². The Morgan fingerprint density at radius 1 is 1.00 bits per heavy atom. The molecule has 0 spiro atoms. The number of sulfonamides is 1. The predicted octanol–water partition coefficient (Wildman–Crippen LogP) is 6.44. The normalized spacial score (nSPS) is 17.6. The van der Waals surface area contributed by atoms with Crippen LogP contribution in [0.2, 0.25) is 5.02 Å². The summed E-state index contributed by atoms with van der Waals surface area (Å²) in [5.41, 5.74) is 2.49. The van der Waals surface area contributed by atoms with E-state index in [0.717, 1.165) is 31.6 Å². The Hall–Kier alpha value is -1.89. The van der Waals surface area contributed by atoms with Crippen LogP contribution in [0, 0.1) is 0 Å². The topological polar surface area (TPSA) is 40.6 Å². The molecule has 3 aromatic carbocycles. The molecule has 7 heteroatoms. The summed E-state index contributed by atoms with van der Waals surface area (Å²) in [4.78, 5) is 2.86. The Labute approximate surface area is 221 Å². The van der Waals surface area contributed by atoms with Crippen molar-refractivity contribution in [1.82, 2.24) is 9.21 Å². The van der Waals surface area contributed by atoms with E-state index >= 15 is 0 Å². The van der Waals surface area contributed by atoms with Crippen LogP contribution >= 0.6 is 24.0 Å². The van der Waals surface area contributed by atoms with Gasteiger partial charge < -0.3 is 4.90 Å². The van der Waals surface area contributed by atoms with Gasteiger partial charge in [-0.25, -0.2) is 12.7 Å². The van der Waals surface area contributed by atoms with E-state index in [2.05, 4.69) is 41.3 Å². The van der Waals surface area contributed by atoms with E-state index in [1.54, 1.807) is 31.3 Å². The van der Waals surface area contributed by atoms with Crippen molar-refractivity contribution in [3.05, 3.63) is 101 Å². The van der Waals surface area contributed by atoms with E-state index < -0.39 is 10.0 Å². The maximum atomic E-state index is 13.2. The summed E-state index contributed by atoms with van der Waals surface area (Å²) in [6, 6.07) is 27.2. The number of likely N-dealkylation sites (tertiary alicyclic amines) is 1. The highest BCUT2D eigenvalue weighted by molar-refractivity contribution is 7.89. The van der Waals surface area contributed by atoms with Crippen LogP contribution in [0.4, 0.5) is 0 Å². The highest BCUT2D eigenvalue weighted by Gasteiger charge is 2.26. The van der Waals surface area contributed by atoms with Crippen LogP contribution in [0.25, 0.3) is 0 Å². The molecule has 1 fully saturated rings. The van der Waals surface area contributed by atoms with Crippen LogP contribution in [0.1, 0.15) is 42.2 Å². The summed E-state index contributed by atoms with van der Waals surface area (Å²) in [6.45, 7) is 3.47. The lowest BCUT2D eigenvalue weighted by Gasteiger charge is -2.34. The van der Waals surface area contributed by atoms with Gasteiger partial charge in [-0.3, -0.25) is 0 Å². The van der Waals surface area contributed by atoms with Crippen molar-refractivity contribution < 1.29 is 8.42 Å². The van der Waals surface area contributed by atoms with Gasteiger partial charge in [0.15, 0.2) is 0 Å². The van der Waals surface area contributed by atoms with Crippen LogP contribution in [0.15, 0.2) is 89.8 Å². The van der Waals surface area contributed by atoms with Gasteiger partial charge in [-0.1, -0.05) is 72.3 Å². The number of piperidine rings is 1. The molecule has 2 unspecified atom stereocenters. The molecule has 188 valence electrons. The lowest BCUT2D eigenvalue weighted by atomic mass is 9.90.